The number of hydrogen-bond donors (Lipinski definition) is 2. The molecule has 0 amide bonds. The number of nitrogens with zero attached hydrogens (tertiary/aromatic N) is 2. The van der Waals surface area contributed by atoms with Crippen LogP contribution in [0.4, 0.5) is 4.39 Å². The maximum absolute atomic E-state index is 13.5. The van der Waals surface area contributed by atoms with Gasteiger partial charge in [-0.15, -0.1) is 24.0 Å². The number of aryl methyl sites for hydroxylation is 1. The van der Waals surface area contributed by atoms with Crippen molar-refractivity contribution in [2.75, 3.05) is 39.4 Å². The maximum Gasteiger partial charge on any atom is 0.191 e. The lowest BCUT2D eigenvalue weighted by Crippen LogP contribution is -2.49. The molecule has 0 radical (unpaired) electrons. The Kier molecular flexibility index (Phi) is 8.97. The fourth-order valence-corrected chi connectivity index (χ4v) is 3.28. The number of guanidine groups is 1. The van der Waals surface area contributed by atoms with Gasteiger partial charge in [0.15, 0.2) is 5.96 Å². The van der Waals surface area contributed by atoms with Gasteiger partial charge < -0.3 is 19.8 Å². The maximum atomic E-state index is 13.5. The number of rotatable bonds is 6. The molecule has 2 N–H and O–H groups in total. The lowest BCUT2D eigenvalue weighted by atomic mass is 10.1. The summed E-state index contributed by atoms with van der Waals surface area (Å²) < 4.78 is 24.7. The molecule has 1 unspecified atom stereocenters. The van der Waals surface area contributed by atoms with Gasteiger partial charge in [-0.3, -0.25) is 4.90 Å². The quantitative estimate of drug-likeness (QED) is 0.360. The minimum atomic E-state index is -0.256. The molecule has 0 aliphatic carbocycles. The van der Waals surface area contributed by atoms with E-state index in [1.807, 2.05) is 13.8 Å². The van der Waals surface area contributed by atoms with E-state index >= 15 is 0 Å². The first-order chi connectivity index (χ1) is 13.1. The first-order valence-corrected chi connectivity index (χ1v) is 9.60. The van der Waals surface area contributed by atoms with Crippen molar-refractivity contribution < 1.29 is 13.5 Å². The molecule has 0 spiro atoms. The SMILES string of the molecule is CCNC(=NCc1oc2ccc(F)cc2c1C)NCC(C)N1CCOCC1.I. The molecular formula is C20H30FIN4O2. The molecule has 2 aromatic rings. The van der Waals surface area contributed by atoms with E-state index in [9.17, 15) is 4.39 Å². The van der Waals surface area contributed by atoms with E-state index in [2.05, 4.69) is 27.4 Å². The van der Waals surface area contributed by atoms with Gasteiger partial charge in [0.25, 0.3) is 0 Å². The van der Waals surface area contributed by atoms with Crippen LogP contribution < -0.4 is 10.6 Å². The van der Waals surface area contributed by atoms with Crippen LogP contribution in [0.1, 0.15) is 25.2 Å². The predicted octanol–water partition coefficient (Wildman–Crippen LogP) is 3.27. The van der Waals surface area contributed by atoms with E-state index in [4.69, 9.17) is 9.15 Å². The molecule has 1 aliphatic rings. The number of benzene rings is 1. The van der Waals surface area contributed by atoms with Crippen LogP contribution in [0.25, 0.3) is 11.0 Å². The molecule has 6 nitrogen and oxygen atoms in total. The molecule has 3 rings (SSSR count). The smallest absolute Gasteiger partial charge is 0.191 e. The van der Waals surface area contributed by atoms with Gasteiger partial charge in [0.2, 0.25) is 0 Å². The summed E-state index contributed by atoms with van der Waals surface area (Å²) in [5.74, 6) is 1.26. The van der Waals surface area contributed by atoms with Crippen molar-refractivity contribution in [3.8, 4) is 0 Å². The number of morpholine rings is 1. The summed E-state index contributed by atoms with van der Waals surface area (Å²) in [5, 5.41) is 7.48. The largest absolute Gasteiger partial charge is 0.459 e. The Hall–Kier alpha value is -1.39. The van der Waals surface area contributed by atoms with Crippen molar-refractivity contribution in [2.24, 2.45) is 4.99 Å². The van der Waals surface area contributed by atoms with Crippen molar-refractivity contribution in [1.82, 2.24) is 15.5 Å². The van der Waals surface area contributed by atoms with Crippen LogP contribution in [-0.2, 0) is 11.3 Å². The monoisotopic (exact) mass is 504 g/mol. The van der Waals surface area contributed by atoms with Gasteiger partial charge in [-0.05, 0) is 39.0 Å². The molecule has 1 aromatic heterocycles. The molecule has 1 fully saturated rings. The van der Waals surface area contributed by atoms with Crippen LogP contribution >= 0.6 is 24.0 Å². The third-order valence-electron chi connectivity index (χ3n) is 4.96. The van der Waals surface area contributed by atoms with Crippen molar-refractivity contribution in [2.45, 2.75) is 33.4 Å². The molecule has 1 aromatic carbocycles. The zero-order chi connectivity index (χ0) is 19.2. The lowest BCUT2D eigenvalue weighted by Gasteiger charge is -2.32. The van der Waals surface area contributed by atoms with E-state index in [0.29, 0.717) is 18.2 Å². The minimum absolute atomic E-state index is 0. The average Bonchev–Trinajstić information content (AvgIpc) is 3.00. The highest BCUT2D eigenvalue weighted by atomic mass is 127. The molecule has 1 saturated heterocycles. The number of aliphatic imine (C=N–C) groups is 1. The Morgan fingerprint density at radius 2 is 2.04 bits per heavy atom. The number of halogens is 2. The van der Waals surface area contributed by atoms with Crippen LogP contribution in [-0.4, -0.2) is 56.3 Å². The Morgan fingerprint density at radius 1 is 1.29 bits per heavy atom. The van der Waals surface area contributed by atoms with Gasteiger partial charge in [0, 0.05) is 43.2 Å². The summed E-state index contributed by atoms with van der Waals surface area (Å²) in [4.78, 5) is 7.06. The van der Waals surface area contributed by atoms with Crippen LogP contribution in [0.5, 0.6) is 0 Å². The topological polar surface area (TPSA) is 62.0 Å². The number of nitrogens with one attached hydrogen (secondary N) is 2. The van der Waals surface area contributed by atoms with Gasteiger partial charge in [-0.25, -0.2) is 9.38 Å². The second-order valence-electron chi connectivity index (χ2n) is 6.86. The molecule has 1 aliphatic heterocycles. The number of hydrogen-bond acceptors (Lipinski definition) is 4. The first kappa shape index (κ1) is 22.9. The highest BCUT2D eigenvalue weighted by molar-refractivity contribution is 14.0. The van der Waals surface area contributed by atoms with Crippen molar-refractivity contribution in [1.29, 1.82) is 0 Å². The van der Waals surface area contributed by atoms with Crippen molar-refractivity contribution in [3.63, 3.8) is 0 Å². The van der Waals surface area contributed by atoms with Crippen LogP contribution in [0.3, 0.4) is 0 Å². The minimum Gasteiger partial charge on any atom is -0.459 e. The first-order valence-electron chi connectivity index (χ1n) is 9.60. The van der Waals surface area contributed by atoms with E-state index in [1.165, 1.54) is 12.1 Å². The van der Waals surface area contributed by atoms with Crippen molar-refractivity contribution in [3.05, 3.63) is 35.3 Å². The summed E-state index contributed by atoms with van der Waals surface area (Å²) in [6.07, 6.45) is 0. The molecular weight excluding hydrogens is 474 g/mol. The second kappa shape index (κ2) is 11.0. The van der Waals surface area contributed by atoms with Crippen LogP contribution in [0, 0.1) is 12.7 Å². The highest BCUT2D eigenvalue weighted by Crippen LogP contribution is 2.26. The number of furan rings is 1. The predicted molar refractivity (Wildman–Crippen MR) is 121 cm³/mol. The fourth-order valence-electron chi connectivity index (χ4n) is 3.28. The summed E-state index contributed by atoms with van der Waals surface area (Å²) in [6.45, 7) is 11.7. The Morgan fingerprint density at radius 3 is 2.75 bits per heavy atom. The van der Waals surface area contributed by atoms with Crippen molar-refractivity contribution >= 4 is 40.9 Å². The standard InChI is InChI=1S/C20H29FN4O2.HI/c1-4-22-20(23-12-14(2)25-7-9-26-10-8-25)24-13-19-15(3)17-11-16(21)5-6-18(17)27-19;/h5-6,11,14H,4,7-10,12-13H2,1-3H3,(H2,22,23,24);1H. The normalized spacial score (nSPS) is 16.6. The molecule has 0 bridgehead atoms. The highest BCUT2D eigenvalue weighted by Gasteiger charge is 2.17. The molecule has 156 valence electrons. The van der Waals surface area contributed by atoms with E-state index in [-0.39, 0.29) is 29.8 Å². The van der Waals surface area contributed by atoms with E-state index < -0.39 is 0 Å². The summed E-state index contributed by atoms with van der Waals surface area (Å²) in [5.41, 5.74) is 1.63. The number of ether oxygens (including phenoxy) is 1. The van der Waals surface area contributed by atoms with Gasteiger partial charge in [-0.1, -0.05) is 0 Å². The Labute approximate surface area is 182 Å². The average molecular weight is 504 g/mol. The van der Waals surface area contributed by atoms with E-state index in [1.54, 1.807) is 6.07 Å². The Balaban J connectivity index is 0.00000280. The molecule has 0 saturated carbocycles. The van der Waals surface area contributed by atoms with Crippen LogP contribution in [0.2, 0.25) is 0 Å². The van der Waals surface area contributed by atoms with E-state index in [0.717, 1.165) is 62.1 Å². The van der Waals surface area contributed by atoms with Gasteiger partial charge in [0.1, 0.15) is 23.7 Å². The lowest BCUT2D eigenvalue weighted by molar-refractivity contribution is 0.0211. The summed E-state index contributed by atoms with van der Waals surface area (Å²) in [6, 6.07) is 4.98. The Bertz CT molecular complexity index is 790. The second-order valence-corrected chi connectivity index (χ2v) is 6.86. The fraction of sp³-hybridized carbons (Fsp3) is 0.550. The molecule has 2 heterocycles. The van der Waals surface area contributed by atoms with Crippen LogP contribution in [0.15, 0.2) is 27.6 Å². The third kappa shape index (κ3) is 5.81. The zero-order valence-corrected chi connectivity index (χ0v) is 19.1. The molecule has 28 heavy (non-hydrogen) atoms. The molecule has 1 atom stereocenters. The summed E-state index contributed by atoms with van der Waals surface area (Å²) >= 11 is 0. The molecule has 8 heteroatoms. The summed E-state index contributed by atoms with van der Waals surface area (Å²) in [7, 11) is 0. The van der Waals surface area contributed by atoms with Gasteiger partial charge in [-0.2, -0.15) is 0 Å². The van der Waals surface area contributed by atoms with Gasteiger partial charge in [0.05, 0.1) is 13.2 Å². The van der Waals surface area contributed by atoms with Gasteiger partial charge >= 0.3 is 0 Å². The number of fused-ring (bicyclic) bond motifs is 1. The third-order valence-corrected chi connectivity index (χ3v) is 4.96. The zero-order valence-electron chi connectivity index (χ0n) is 16.8.